The third kappa shape index (κ3) is 2.00. The van der Waals surface area contributed by atoms with Crippen LogP contribution >= 0.6 is 0 Å². The van der Waals surface area contributed by atoms with Crippen molar-refractivity contribution in [3.05, 3.63) is 42.5 Å². The number of nitrogens with zero attached hydrogens (tertiary/aromatic N) is 3. The molecule has 4 N–H and O–H groups in total. The molecule has 0 bridgehead atoms. The van der Waals surface area contributed by atoms with E-state index < -0.39 is 10.0 Å². The Morgan fingerprint density at radius 1 is 1.10 bits per heavy atom. The lowest BCUT2D eigenvalue weighted by Gasteiger charge is -2.07. The van der Waals surface area contributed by atoms with Crippen molar-refractivity contribution < 1.29 is 8.42 Å². The Morgan fingerprint density at radius 3 is 2.55 bits per heavy atom. The van der Waals surface area contributed by atoms with Crippen molar-refractivity contribution in [2.24, 2.45) is 5.14 Å². The number of rotatable bonds is 2. The van der Waals surface area contributed by atoms with Crippen molar-refractivity contribution in [2.45, 2.75) is 4.90 Å². The molecule has 0 aliphatic heterocycles. The van der Waals surface area contributed by atoms with Crippen LogP contribution in [0.5, 0.6) is 0 Å². The summed E-state index contributed by atoms with van der Waals surface area (Å²) in [5, 5.41) is 13.1. The van der Waals surface area contributed by atoms with Crippen LogP contribution in [0, 0.1) is 0 Å². The van der Waals surface area contributed by atoms with E-state index in [0.717, 1.165) is 11.0 Å². The zero-order chi connectivity index (χ0) is 14.3. The lowest BCUT2D eigenvalue weighted by molar-refractivity contribution is 0.598. The topological polar surface area (TPSA) is 117 Å². The Morgan fingerprint density at radius 2 is 1.85 bits per heavy atom. The number of hydrogen-bond acceptors (Lipinski definition) is 5. The van der Waals surface area contributed by atoms with Crippen molar-refractivity contribution in [1.82, 2.24) is 15.0 Å². The fourth-order valence-electron chi connectivity index (χ4n) is 1.99. The summed E-state index contributed by atoms with van der Waals surface area (Å²) in [5.41, 5.74) is 7.96. The van der Waals surface area contributed by atoms with E-state index in [-0.39, 0.29) is 10.6 Å². The summed E-state index contributed by atoms with van der Waals surface area (Å²) in [7, 11) is -3.83. The third-order valence-corrected chi connectivity index (χ3v) is 3.88. The van der Waals surface area contributed by atoms with E-state index >= 15 is 0 Å². The number of benzene rings is 2. The maximum absolute atomic E-state index is 11.3. The Balaban J connectivity index is 2.19. The summed E-state index contributed by atoms with van der Waals surface area (Å²) in [5.74, 6) is 0. The second-order valence-corrected chi connectivity index (χ2v) is 5.79. The van der Waals surface area contributed by atoms with Crippen molar-refractivity contribution >= 4 is 26.7 Å². The fourth-order valence-corrected chi connectivity index (χ4v) is 2.63. The minimum atomic E-state index is -3.83. The molecular formula is C12H11N5O2S. The number of aromatic nitrogens is 3. The molecule has 102 valence electrons. The maximum Gasteiger partial charge on any atom is 0.240 e. The van der Waals surface area contributed by atoms with E-state index in [1.807, 2.05) is 24.3 Å². The molecule has 8 heteroatoms. The molecule has 0 saturated heterocycles. The van der Waals surface area contributed by atoms with Crippen LogP contribution in [0.4, 0.5) is 5.69 Å². The van der Waals surface area contributed by atoms with Gasteiger partial charge in [0.05, 0.1) is 16.9 Å². The van der Waals surface area contributed by atoms with Crippen LogP contribution in [0.25, 0.3) is 16.7 Å². The van der Waals surface area contributed by atoms with Gasteiger partial charge in [0, 0.05) is 0 Å². The van der Waals surface area contributed by atoms with Gasteiger partial charge in [-0.3, -0.25) is 0 Å². The predicted molar refractivity (Wildman–Crippen MR) is 74.7 cm³/mol. The van der Waals surface area contributed by atoms with Gasteiger partial charge in [-0.2, -0.15) is 0 Å². The lowest BCUT2D eigenvalue weighted by Crippen LogP contribution is -2.14. The van der Waals surface area contributed by atoms with Gasteiger partial charge in [-0.25, -0.2) is 18.2 Å². The quantitative estimate of drug-likeness (QED) is 0.672. The molecule has 7 nitrogen and oxygen atoms in total. The van der Waals surface area contributed by atoms with Gasteiger partial charge < -0.3 is 5.73 Å². The first-order valence-electron chi connectivity index (χ1n) is 5.70. The minimum absolute atomic E-state index is 0.0737. The summed E-state index contributed by atoms with van der Waals surface area (Å²) >= 11 is 0. The highest BCUT2D eigenvalue weighted by Crippen LogP contribution is 2.22. The number of nitrogens with two attached hydrogens (primary N) is 2. The Labute approximate surface area is 114 Å². The van der Waals surface area contributed by atoms with Crippen molar-refractivity contribution in [1.29, 1.82) is 0 Å². The normalized spacial score (nSPS) is 11.8. The van der Waals surface area contributed by atoms with Crippen molar-refractivity contribution in [3.8, 4) is 5.69 Å². The summed E-state index contributed by atoms with van der Waals surface area (Å²) < 4.78 is 24.2. The molecule has 0 fully saturated rings. The molecule has 1 aromatic heterocycles. The van der Waals surface area contributed by atoms with E-state index in [1.165, 1.54) is 12.1 Å². The van der Waals surface area contributed by atoms with Gasteiger partial charge in [-0.15, -0.1) is 5.10 Å². The molecule has 0 saturated carbocycles. The first-order valence-corrected chi connectivity index (χ1v) is 7.24. The lowest BCUT2D eigenvalue weighted by atomic mass is 10.2. The maximum atomic E-state index is 11.3. The number of para-hydroxylation sites is 1. The third-order valence-electron chi connectivity index (χ3n) is 2.90. The monoisotopic (exact) mass is 289 g/mol. The first-order chi connectivity index (χ1) is 9.47. The van der Waals surface area contributed by atoms with Crippen LogP contribution in [-0.2, 0) is 10.0 Å². The minimum Gasteiger partial charge on any atom is -0.398 e. The molecule has 2 aromatic carbocycles. The van der Waals surface area contributed by atoms with E-state index in [4.69, 9.17) is 10.9 Å². The SMILES string of the molecule is Nc1cc(-n2nnc3ccccc32)ccc1S(N)(=O)=O. The number of nitrogen functional groups attached to an aromatic ring is 1. The predicted octanol–water partition coefficient (Wildman–Crippen LogP) is 0.650. The van der Waals surface area contributed by atoms with Gasteiger partial charge in [0.1, 0.15) is 10.4 Å². The van der Waals surface area contributed by atoms with E-state index in [2.05, 4.69) is 10.3 Å². The molecule has 0 aliphatic rings. The van der Waals surface area contributed by atoms with Gasteiger partial charge in [-0.1, -0.05) is 17.3 Å². The Bertz CT molecular complexity index is 901. The van der Waals surface area contributed by atoms with E-state index in [0.29, 0.717) is 5.69 Å². The Kier molecular flexibility index (Phi) is 2.70. The molecule has 0 aliphatic carbocycles. The molecule has 3 rings (SSSR count). The van der Waals surface area contributed by atoms with Crippen LogP contribution in [0.2, 0.25) is 0 Å². The summed E-state index contributed by atoms with van der Waals surface area (Å²) in [4.78, 5) is -0.106. The van der Waals surface area contributed by atoms with E-state index in [9.17, 15) is 8.42 Å². The molecule has 20 heavy (non-hydrogen) atoms. The molecule has 0 atom stereocenters. The molecule has 0 amide bonds. The van der Waals surface area contributed by atoms with Crippen LogP contribution in [-0.4, -0.2) is 23.4 Å². The van der Waals surface area contributed by atoms with Gasteiger partial charge in [0.15, 0.2) is 0 Å². The van der Waals surface area contributed by atoms with Gasteiger partial charge in [0.2, 0.25) is 10.0 Å². The highest BCUT2D eigenvalue weighted by Gasteiger charge is 2.14. The average molecular weight is 289 g/mol. The van der Waals surface area contributed by atoms with Gasteiger partial charge >= 0.3 is 0 Å². The summed E-state index contributed by atoms with van der Waals surface area (Å²) in [6, 6.07) is 11.9. The van der Waals surface area contributed by atoms with Crippen molar-refractivity contribution in [2.75, 3.05) is 5.73 Å². The van der Waals surface area contributed by atoms with Crippen LogP contribution in [0.15, 0.2) is 47.4 Å². The zero-order valence-corrected chi connectivity index (χ0v) is 11.1. The van der Waals surface area contributed by atoms with Crippen LogP contribution in [0.1, 0.15) is 0 Å². The second-order valence-electron chi connectivity index (χ2n) is 4.26. The number of sulfonamides is 1. The fraction of sp³-hybridized carbons (Fsp3) is 0. The number of fused-ring (bicyclic) bond motifs is 1. The smallest absolute Gasteiger partial charge is 0.240 e. The standard InChI is InChI=1S/C12H11N5O2S/c13-9-7-8(5-6-12(9)20(14,18)19)17-11-4-2-1-3-10(11)15-16-17/h1-7H,13H2,(H2,14,18,19). The zero-order valence-electron chi connectivity index (χ0n) is 10.3. The van der Waals surface area contributed by atoms with Gasteiger partial charge in [-0.05, 0) is 30.3 Å². The largest absolute Gasteiger partial charge is 0.398 e. The van der Waals surface area contributed by atoms with Gasteiger partial charge in [0.25, 0.3) is 0 Å². The summed E-state index contributed by atoms with van der Waals surface area (Å²) in [6.45, 7) is 0. The first kappa shape index (κ1) is 12.6. The Hall–Kier alpha value is -2.45. The number of hydrogen-bond donors (Lipinski definition) is 2. The second kappa shape index (κ2) is 4.29. The van der Waals surface area contributed by atoms with Crippen molar-refractivity contribution in [3.63, 3.8) is 0 Å². The molecule has 3 aromatic rings. The molecule has 0 radical (unpaired) electrons. The highest BCUT2D eigenvalue weighted by atomic mass is 32.2. The van der Waals surface area contributed by atoms with Crippen LogP contribution in [0.3, 0.4) is 0 Å². The molecular weight excluding hydrogens is 278 g/mol. The average Bonchev–Trinajstić information content (AvgIpc) is 2.80. The number of primary sulfonamides is 1. The summed E-state index contributed by atoms with van der Waals surface area (Å²) in [6.07, 6.45) is 0. The van der Waals surface area contributed by atoms with Crippen LogP contribution < -0.4 is 10.9 Å². The molecule has 0 unspecified atom stereocenters. The number of anilines is 1. The van der Waals surface area contributed by atoms with E-state index in [1.54, 1.807) is 10.7 Å². The molecule has 1 heterocycles. The molecule has 0 spiro atoms. The highest BCUT2D eigenvalue weighted by molar-refractivity contribution is 7.89.